The molecule has 4 rings (SSSR count). The van der Waals surface area contributed by atoms with Crippen LogP contribution in [0.3, 0.4) is 0 Å². The van der Waals surface area contributed by atoms with E-state index in [4.69, 9.17) is 27.0 Å². The Morgan fingerprint density at radius 2 is 1.97 bits per heavy atom. The van der Waals surface area contributed by atoms with Crippen LogP contribution in [0.1, 0.15) is 25.0 Å². The second-order valence-electron chi connectivity index (χ2n) is 8.11. The Kier molecular flexibility index (Phi) is 5.65. The van der Waals surface area contributed by atoms with E-state index >= 15 is 4.39 Å². The maximum atomic E-state index is 15.1. The van der Waals surface area contributed by atoms with E-state index in [1.54, 1.807) is 12.1 Å². The Labute approximate surface area is 196 Å². The van der Waals surface area contributed by atoms with Gasteiger partial charge in [-0.3, -0.25) is 9.69 Å². The molecule has 178 valence electrons. The maximum absolute atomic E-state index is 15.1. The second-order valence-corrected chi connectivity index (χ2v) is 8.48. The number of aliphatic hydroxyl groups is 1. The van der Waals surface area contributed by atoms with Gasteiger partial charge in [0.1, 0.15) is 17.7 Å². The number of ether oxygens (including phenoxy) is 2. The number of thiocarbonyl (C=S) groups is 1. The van der Waals surface area contributed by atoms with Crippen LogP contribution < -0.4 is 19.3 Å². The molecule has 0 spiro atoms. The number of nitriles is 1. The number of alkyl halides is 3. The minimum absolute atomic E-state index is 0.0858. The third-order valence-electron chi connectivity index (χ3n) is 5.54. The number of rotatable bonds is 3. The summed E-state index contributed by atoms with van der Waals surface area (Å²) < 4.78 is 66.7. The molecule has 0 aliphatic carbocycles. The van der Waals surface area contributed by atoms with Gasteiger partial charge in [0.15, 0.2) is 28.5 Å². The average molecular weight is 495 g/mol. The number of benzene rings is 2. The number of aliphatic hydroxyl groups excluding tert-OH is 1. The standard InChI is InChI=1S/C22H17F4N3O4S/c1-21(2)19(31)28(14-5-3-11(8-27)17(18(14)23)22(24,25)26)20(34)29(21)12-4-6-15-16(7-12)32-10-13(9-30)33-15/h3-7,13,30H,9-10H2,1-2H3/t13-/m0/s1. The first-order valence-electron chi connectivity index (χ1n) is 9.94. The molecule has 2 aliphatic rings. The zero-order chi connectivity index (χ0) is 25.0. The van der Waals surface area contributed by atoms with Crippen LogP contribution >= 0.6 is 12.2 Å². The lowest BCUT2D eigenvalue weighted by molar-refractivity contribution is -0.140. The largest absolute Gasteiger partial charge is 0.486 e. The van der Waals surface area contributed by atoms with Crippen molar-refractivity contribution in [1.82, 2.24) is 0 Å². The van der Waals surface area contributed by atoms with E-state index in [0.717, 1.165) is 12.1 Å². The van der Waals surface area contributed by atoms with Crippen molar-refractivity contribution in [1.29, 1.82) is 5.26 Å². The Balaban J connectivity index is 1.78. The van der Waals surface area contributed by atoms with E-state index in [9.17, 15) is 23.1 Å². The fourth-order valence-electron chi connectivity index (χ4n) is 3.88. The fourth-order valence-corrected chi connectivity index (χ4v) is 4.40. The van der Waals surface area contributed by atoms with Gasteiger partial charge < -0.3 is 19.5 Å². The normalized spacial score (nSPS) is 19.4. The first kappa shape index (κ1) is 23.7. The summed E-state index contributed by atoms with van der Waals surface area (Å²) in [5.41, 5.74) is -4.42. The molecular weight excluding hydrogens is 478 g/mol. The summed E-state index contributed by atoms with van der Waals surface area (Å²) in [6.45, 7) is 2.82. The van der Waals surface area contributed by atoms with Crippen LogP contribution in [-0.2, 0) is 11.0 Å². The van der Waals surface area contributed by atoms with Crippen LogP contribution in [0.2, 0.25) is 0 Å². The molecular formula is C22H17F4N3O4S. The van der Waals surface area contributed by atoms with Gasteiger partial charge in [-0.1, -0.05) is 0 Å². The third-order valence-corrected chi connectivity index (χ3v) is 5.91. The van der Waals surface area contributed by atoms with E-state index in [-0.39, 0.29) is 18.3 Å². The Bertz CT molecular complexity index is 1240. The van der Waals surface area contributed by atoms with Crippen molar-refractivity contribution < 1.29 is 36.9 Å². The zero-order valence-electron chi connectivity index (χ0n) is 17.8. The van der Waals surface area contributed by atoms with Gasteiger partial charge in [0, 0.05) is 11.8 Å². The molecule has 1 fully saturated rings. The lowest BCUT2D eigenvalue weighted by Gasteiger charge is -2.31. The zero-order valence-corrected chi connectivity index (χ0v) is 18.6. The van der Waals surface area contributed by atoms with Crippen LogP contribution in [0.4, 0.5) is 28.9 Å². The molecule has 1 N–H and O–H groups in total. The lowest BCUT2D eigenvalue weighted by Crippen LogP contribution is -2.44. The van der Waals surface area contributed by atoms with Crippen molar-refractivity contribution in [3.63, 3.8) is 0 Å². The number of halogens is 4. The molecule has 1 atom stereocenters. The van der Waals surface area contributed by atoms with Crippen LogP contribution in [0.25, 0.3) is 0 Å². The summed E-state index contributed by atoms with van der Waals surface area (Å²) >= 11 is 5.41. The number of fused-ring (bicyclic) bond motifs is 1. The van der Waals surface area contributed by atoms with Gasteiger partial charge in [-0.25, -0.2) is 4.39 Å². The average Bonchev–Trinajstić information content (AvgIpc) is 2.95. The van der Waals surface area contributed by atoms with Crippen LogP contribution in [0, 0.1) is 17.1 Å². The second kappa shape index (κ2) is 8.11. The van der Waals surface area contributed by atoms with Crippen molar-refractivity contribution in [3.05, 3.63) is 47.3 Å². The summed E-state index contributed by atoms with van der Waals surface area (Å²) in [6, 6.07) is 7.68. The van der Waals surface area contributed by atoms with Gasteiger partial charge in [0.05, 0.1) is 23.9 Å². The number of anilines is 2. The highest BCUT2D eigenvalue weighted by Gasteiger charge is 2.52. The van der Waals surface area contributed by atoms with Gasteiger partial charge in [-0.2, -0.15) is 18.4 Å². The highest BCUT2D eigenvalue weighted by Crippen LogP contribution is 2.43. The summed E-state index contributed by atoms with van der Waals surface area (Å²) in [5, 5.41) is 18.0. The van der Waals surface area contributed by atoms with Crippen molar-refractivity contribution in [3.8, 4) is 17.6 Å². The lowest BCUT2D eigenvalue weighted by atomic mass is 10.0. The number of carbonyl (C=O) groups excluding carboxylic acids is 1. The number of carbonyl (C=O) groups is 1. The predicted molar refractivity (Wildman–Crippen MR) is 116 cm³/mol. The summed E-state index contributed by atoms with van der Waals surface area (Å²) in [6.07, 6.45) is -5.70. The summed E-state index contributed by atoms with van der Waals surface area (Å²) in [5.74, 6) is -1.86. The smallest absolute Gasteiger partial charge is 0.420 e. The molecule has 1 amide bonds. The monoisotopic (exact) mass is 495 g/mol. The molecule has 0 bridgehead atoms. The quantitative estimate of drug-likeness (QED) is 0.513. The molecule has 2 aliphatic heterocycles. The highest BCUT2D eigenvalue weighted by molar-refractivity contribution is 7.81. The van der Waals surface area contributed by atoms with Crippen LogP contribution in [0.15, 0.2) is 30.3 Å². The first-order valence-corrected chi connectivity index (χ1v) is 10.4. The van der Waals surface area contributed by atoms with Crippen molar-refractivity contribution >= 4 is 34.6 Å². The van der Waals surface area contributed by atoms with E-state index in [1.807, 2.05) is 0 Å². The number of amides is 1. The summed E-state index contributed by atoms with van der Waals surface area (Å²) in [4.78, 5) is 15.3. The third kappa shape index (κ3) is 3.61. The van der Waals surface area contributed by atoms with E-state index in [1.165, 1.54) is 30.9 Å². The van der Waals surface area contributed by atoms with Gasteiger partial charge in [-0.05, 0) is 50.3 Å². The molecule has 0 unspecified atom stereocenters. The highest BCUT2D eigenvalue weighted by atomic mass is 32.1. The van der Waals surface area contributed by atoms with E-state index in [2.05, 4.69) is 0 Å². The molecule has 2 aromatic rings. The topological polar surface area (TPSA) is 86.0 Å². The van der Waals surface area contributed by atoms with Crippen LogP contribution in [0.5, 0.6) is 11.5 Å². The molecule has 7 nitrogen and oxygen atoms in total. The van der Waals surface area contributed by atoms with Crippen molar-refractivity contribution in [2.75, 3.05) is 23.0 Å². The van der Waals surface area contributed by atoms with Gasteiger partial charge in [0.25, 0.3) is 5.91 Å². The summed E-state index contributed by atoms with van der Waals surface area (Å²) in [7, 11) is 0. The molecule has 12 heteroatoms. The Hall–Kier alpha value is -3.43. The van der Waals surface area contributed by atoms with Crippen molar-refractivity contribution in [2.24, 2.45) is 0 Å². The molecule has 0 aromatic heterocycles. The van der Waals surface area contributed by atoms with Gasteiger partial charge in [0.2, 0.25) is 0 Å². The Morgan fingerprint density at radius 1 is 1.26 bits per heavy atom. The van der Waals surface area contributed by atoms with Crippen molar-refractivity contribution in [2.45, 2.75) is 31.7 Å². The SMILES string of the molecule is CC1(C)C(=O)N(c2ccc(C#N)c(C(F)(F)F)c2F)C(=S)N1c1ccc2c(c1)OC[C@H](CO)O2. The van der Waals surface area contributed by atoms with Gasteiger partial charge in [-0.15, -0.1) is 0 Å². The van der Waals surface area contributed by atoms with E-state index < -0.39 is 46.4 Å². The minimum Gasteiger partial charge on any atom is -0.486 e. The minimum atomic E-state index is -5.16. The Morgan fingerprint density at radius 3 is 2.59 bits per heavy atom. The van der Waals surface area contributed by atoms with E-state index in [0.29, 0.717) is 22.1 Å². The number of nitrogens with zero attached hydrogens (tertiary/aromatic N) is 3. The van der Waals surface area contributed by atoms with Crippen LogP contribution in [-0.4, -0.2) is 41.0 Å². The fraction of sp³-hybridized carbons (Fsp3) is 0.318. The molecule has 0 radical (unpaired) electrons. The molecule has 1 saturated heterocycles. The van der Waals surface area contributed by atoms with Gasteiger partial charge >= 0.3 is 6.18 Å². The first-order chi connectivity index (χ1) is 15.9. The molecule has 34 heavy (non-hydrogen) atoms. The number of hydrogen-bond donors (Lipinski definition) is 1. The molecule has 0 saturated carbocycles. The maximum Gasteiger partial charge on any atom is 0.420 e. The molecule has 2 aromatic carbocycles. The number of hydrogen-bond acceptors (Lipinski definition) is 6. The molecule has 2 heterocycles. The predicted octanol–water partition coefficient (Wildman–Crippen LogP) is 3.76.